The SMILES string of the molecule is COC(=O)C1CC(OC(=O)N2Cc3cccc(C#CCCCOC(=O)N[C@H](C(=O)O)C(C)(C)C)c3C2)CN1C(=O)OC(C)(C)C. The van der Waals surface area contributed by atoms with Gasteiger partial charge in [0.1, 0.15) is 23.8 Å². The molecule has 2 aliphatic rings. The number of benzene rings is 1. The number of nitrogens with zero attached hydrogens (tertiary/aromatic N) is 2. The minimum atomic E-state index is -1.14. The van der Waals surface area contributed by atoms with E-state index in [1.54, 1.807) is 41.5 Å². The van der Waals surface area contributed by atoms with Gasteiger partial charge in [-0.05, 0) is 49.8 Å². The van der Waals surface area contributed by atoms with Crippen molar-refractivity contribution in [3.05, 3.63) is 34.9 Å². The molecule has 0 radical (unpaired) electrons. The first-order valence-electron chi connectivity index (χ1n) is 14.8. The fourth-order valence-electron chi connectivity index (χ4n) is 4.94. The number of alkyl carbamates (subject to hydrolysis) is 1. The van der Waals surface area contributed by atoms with Crippen LogP contribution in [-0.4, -0.2) is 89.2 Å². The van der Waals surface area contributed by atoms with Crippen LogP contribution in [0.4, 0.5) is 14.4 Å². The van der Waals surface area contributed by atoms with Gasteiger partial charge in [-0.3, -0.25) is 9.80 Å². The van der Waals surface area contributed by atoms with Crippen molar-refractivity contribution in [2.75, 3.05) is 20.3 Å². The van der Waals surface area contributed by atoms with Crippen molar-refractivity contribution < 1.29 is 48.0 Å². The van der Waals surface area contributed by atoms with Gasteiger partial charge in [0.25, 0.3) is 0 Å². The fourth-order valence-corrected chi connectivity index (χ4v) is 4.94. The molecule has 1 fully saturated rings. The topological polar surface area (TPSA) is 161 Å². The zero-order valence-corrected chi connectivity index (χ0v) is 26.9. The fraction of sp³-hybridized carbons (Fsp3) is 0.594. The summed E-state index contributed by atoms with van der Waals surface area (Å²) in [4.78, 5) is 64.4. The van der Waals surface area contributed by atoms with Crippen LogP contribution >= 0.6 is 0 Å². The maximum atomic E-state index is 13.1. The zero-order chi connectivity index (χ0) is 33.5. The molecule has 13 nitrogen and oxygen atoms in total. The Morgan fingerprint density at radius 3 is 2.40 bits per heavy atom. The van der Waals surface area contributed by atoms with Crippen molar-refractivity contribution in [1.29, 1.82) is 0 Å². The van der Waals surface area contributed by atoms with Crippen LogP contribution in [0.5, 0.6) is 0 Å². The second-order valence-electron chi connectivity index (χ2n) is 13.0. The van der Waals surface area contributed by atoms with E-state index >= 15 is 0 Å². The van der Waals surface area contributed by atoms with Gasteiger partial charge in [0, 0.05) is 24.9 Å². The largest absolute Gasteiger partial charge is 0.480 e. The summed E-state index contributed by atoms with van der Waals surface area (Å²) in [6.45, 7) is 11.0. The Balaban J connectivity index is 1.52. The maximum Gasteiger partial charge on any atom is 0.411 e. The van der Waals surface area contributed by atoms with Gasteiger partial charge in [0.2, 0.25) is 0 Å². The van der Waals surface area contributed by atoms with E-state index in [2.05, 4.69) is 17.2 Å². The summed E-state index contributed by atoms with van der Waals surface area (Å²) in [7, 11) is 1.23. The second kappa shape index (κ2) is 14.5. The Morgan fingerprint density at radius 1 is 1.07 bits per heavy atom. The van der Waals surface area contributed by atoms with Crippen LogP contribution in [0.2, 0.25) is 0 Å². The van der Waals surface area contributed by atoms with Crippen molar-refractivity contribution in [2.24, 2.45) is 5.41 Å². The number of unbranched alkanes of at least 4 members (excludes halogenated alkanes) is 1. The van der Waals surface area contributed by atoms with E-state index in [9.17, 15) is 29.1 Å². The predicted octanol–water partition coefficient (Wildman–Crippen LogP) is 4.05. The molecule has 2 N–H and O–H groups in total. The number of hydrogen-bond acceptors (Lipinski definition) is 9. The lowest BCUT2D eigenvalue weighted by Gasteiger charge is -2.27. The van der Waals surface area contributed by atoms with Crippen LogP contribution < -0.4 is 5.32 Å². The third-order valence-corrected chi connectivity index (χ3v) is 7.15. The molecule has 2 aliphatic heterocycles. The summed E-state index contributed by atoms with van der Waals surface area (Å²) in [6, 6.07) is 3.62. The second-order valence-corrected chi connectivity index (χ2v) is 13.0. The van der Waals surface area contributed by atoms with E-state index in [0.29, 0.717) is 19.4 Å². The molecule has 45 heavy (non-hydrogen) atoms. The minimum Gasteiger partial charge on any atom is -0.480 e. The number of likely N-dealkylation sites (tertiary alicyclic amines) is 1. The van der Waals surface area contributed by atoms with Gasteiger partial charge < -0.3 is 29.4 Å². The Morgan fingerprint density at radius 2 is 1.78 bits per heavy atom. The van der Waals surface area contributed by atoms with Crippen molar-refractivity contribution >= 4 is 30.2 Å². The van der Waals surface area contributed by atoms with Crippen molar-refractivity contribution in [2.45, 2.75) is 97.7 Å². The number of carboxylic acids is 1. The molecule has 1 aromatic rings. The Hall–Kier alpha value is -4.47. The van der Waals surface area contributed by atoms with Crippen LogP contribution in [0.1, 0.15) is 77.5 Å². The number of aliphatic carboxylic acids is 1. The van der Waals surface area contributed by atoms with Crippen LogP contribution in [0.3, 0.4) is 0 Å². The molecule has 2 unspecified atom stereocenters. The molecule has 13 heteroatoms. The molecule has 1 aromatic carbocycles. The molecule has 0 saturated carbocycles. The summed E-state index contributed by atoms with van der Waals surface area (Å²) in [6.07, 6.45) is -1.79. The number of amides is 3. The average Bonchev–Trinajstić information content (AvgIpc) is 3.56. The van der Waals surface area contributed by atoms with Gasteiger partial charge in [-0.15, -0.1) is 0 Å². The van der Waals surface area contributed by atoms with Gasteiger partial charge >= 0.3 is 30.2 Å². The molecule has 1 saturated heterocycles. The summed E-state index contributed by atoms with van der Waals surface area (Å²) < 4.78 is 21.1. The van der Waals surface area contributed by atoms with Crippen molar-refractivity contribution in [3.63, 3.8) is 0 Å². The Bertz CT molecular complexity index is 1350. The van der Waals surface area contributed by atoms with Gasteiger partial charge in [0.05, 0.1) is 26.8 Å². The van der Waals surface area contributed by atoms with Gasteiger partial charge in [-0.25, -0.2) is 24.0 Å². The zero-order valence-electron chi connectivity index (χ0n) is 26.9. The molecular formula is C32H43N3O10. The normalized spacial score (nSPS) is 18.2. The highest BCUT2D eigenvalue weighted by Crippen LogP contribution is 2.29. The number of hydrogen-bond donors (Lipinski definition) is 2. The molecule has 3 amide bonds. The highest BCUT2D eigenvalue weighted by atomic mass is 16.6. The first-order chi connectivity index (χ1) is 21.0. The highest BCUT2D eigenvalue weighted by molar-refractivity contribution is 5.83. The van der Waals surface area contributed by atoms with Crippen LogP contribution in [0.25, 0.3) is 0 Å². The highest BCUT2D eigenvalue weighted by Gasteiger charge is 2.44. The van der Waals surface area contributed by atoms with Crippen LogP contribution in [0.15, 0.2) is 18.2 Å². The first-order valence-corrected chi connectivity index (χ1v) is 14.8. The average molecular weight is 630 g/mol. The quantitative estimate of drug-likeness (QED) is 0.195. The van der Waals surface area contributed by atoms with E-state index in [0.717, 1.165) is 16.7 Å². The Labute approximate surface area is 263 Å². The molecule has 3 atom stereocenters. The third-order valence-electron chi connectivity index (χ3n) is 7.15. The minimum absolute atomic E-state index is 0.0000373. The molecule has 246 valence electrons. The Kier molecular flexibility index (Phi) is 11.3. The van der Waals surface area contributed by atoms with Crippen LogP contribution in [-0.2, 0) is 41.6 Å². The summed E-state index contributed by atoms with van der Waals surface area (Å²) >= 11 is 0. The van der Waals surface area contributed by atoms with Crippen LogP contribution in [0, 0.1) is 17.3 Å². The summed E-state index contributed by atoms with van der Waals surface area (Å²) in [5.41, 5.74) is 1.15. The first kappa shape index (κ1) is 35.0. The number of ether oxygens (including phenoxy) is 4. The number of methoxy groups -OCH3 is 1. The number of carboxylic acid groups (broad SMARTS) is 1. The monoisotopic (exact) mass is 629 g/mol. The lowest BCUT2D eigenvalue weighted by molar-refractivity contribution is -0.145. The standard InChI is InChI=1S/C32H43N3O10/c1-31(2,3)25(26(36)37)33-28(39)43-15-10-8-9-12-20-13-11-14-21-17-34(19-23(20)21)29(40)44-22-16-24(27(38)42-7)35(18-22)30(41)45-32(4,5)6/h11,13-14,22,24-25H,8,10,15-19H2,1-7H3,(H,33,39)(H,36,37)/t22?,24?,25-/m1/s1. The van der Waals surface area contributed by atoms with E-state index < -0.39 is 59.4 Å². The number of carbonyl (C=O) groups is 5. The molecule has 0 aromatic heterocycles. The number of rotatable bonds is 7. The lowest BCUT2D eigenvalue weighted by atomic mass is 9.87. The number of fused-ring (bicyclic) bond motifs is 1. The number of nitrogens with one attached hydrogen (secondary N) is 1. The molecular weight excluding hydrogens is 586 g/mol. The smallest absolute Gasteiger partial charge is 0.411 e. The van der Waals surface area contributed by atoms with Crippen molar-refractivity contribution in [3.8, 4) is 11.8 Å². The number of carbonyl (C=O) groups excluding carboxylic acids is 4. The molecule has 3 rings (SSSR count). The van der Waals surface area contributed by atoms with Gasteiger partial charge in [-0.2, -0.15) is 0 Å². The number of esters is 1. The predicted molar refractivity (Wildman–Crippen MR) is 161 cm³/mol. The summed E-state index contributed by atoms with van der Waals surface area (Å²) in [5.74, 6) is 4.43. The van der Waals surface area contributed by atoms with Gasteiger partial charge in [0.15, 0.2) is 0 Å². The van der Waals surface area contributed by atoms with Crippen molar-refractivity contribution in [1.82, 2.24) is 15.1 Å². The lowest BCUT2D eigenvalue weighted by Crippen LogP contribution is -2.49. The molecule has 0 spiro atoms. The van der Waals surface area contributed by atoms with E-state index in [-0.39, 0.29) is 26.1 Å². The molecule has 2 heterocycles. The van der Waals surface area contributed by atoms with E-state index in [1.807, 2.05) is 18.2 Å². The third kappa shape index (κ3) is 9.76. The van der Waals surface area contributed by atoms with E-state index in [4.69, 9.17) is 18.9 Å². The van der Waals surface area contributed by atoms with E-state index in [1.165, 1.54) is 16.9 Å². The van der Waals surface area contributed by atoms with Gasteiger partial charge in [-0.1, -0.05) is 44.7 Å². The maximum absolute atomic E-state index is 13.1. The molecule has 0 aliphatic carbocycles. The molecule has 0 bridgehead atoms. The summed E-state index contributed by atoms with van der Waals surface area (Å²) in [5, 5.41) is 11.7.